The van der Waals surface area contributed by atoms with E-state index >= 15 is 0 Å². The van der Waals surface area contributed by atoms with Crippen molar-refractivity contribution in [2.75, 3.05) is 21.1 Å². The molecule has 0 heterocycles. The molecule has 4 heteroatoms. The molecule has 1 aliphatic rings. The minimum atomic E-state index is -0.0828. The Balaban J connectivity index is 0. The molecular weight excluding hydrogens is 221 g/mol. The smallest absolute Gasteiger partial charge is 0.0777 e. The number of nitrogens with one attached hydrogen (secondary N) is 1. The average Bonchev–Trinajstić information content (AvgIpc) is 2.09. The molecule has 0 atom stereocenters. The molecule has 0 saturated carbocycles. The van der Waals surface area contributed by atoms with Crippen molar-refractivity contribution in [1.82, 2.24) is 10.2 Å². The van der Waals surface area contributed by atoms with Crippen LogP contribution in [0.3, 0.4) is 0 Å². The molecule has 0 fully saturated rings. The first-order chi connectivity index (χ1) is 6.16. The van der Waals surface area contributed by atoms with Crippen LogP contribution in [-0.4, -0.2) is 31.8 Å². The zero-order chi connectivity index (χ0) is 9.84. The van der Waals surface area contributed by atoms with Crippen LogP contribution in [0, 0.1) is 13.5 Å². The van der Waals surface area contributed by atoms with Crippen molar-refractivity contribution in [2.24, 2.45) is 0 Å². The van der Waals surface area contributed by atoms with E-state index in [0.717, 1.165) is 5.82 Å². The molecule has 0 aromatic rings. The van der Waals surface area contributed by atoms with Gasteiger partial charge in [-0.2, -0.15) is 18.2 Å². The predicted molar refractivity (Wildman–Crippen MR) is 58.1 cm³/mol. The van der Waals surface area contributed by atoms with Gasteiger partial charge in [-0.1, -0.05) is 0 Å². The topological polar surface area (TPSA) is 32.3 Å². The van der Waals surface area contributed by atoms with Gasteiger partial charge in [0.15, 0.2) is 0 Å². The van der Waals surface area contributed by atoms with Crippen molar-refractivity contribution in [1.29, 1.82) is 0 Å². The zero-order valence-electron chi connectivity index (χ0n) is 9.66. The normalized spacial score (nSPS) is 16.3. The Morgan fingerprint density at radius 2 is 2.07 bits per heavy atom. The Hall–Kier alpha value is -0.640. The van der Waals surface area contributed by atoms with Crippen molar-refractivity contribution in [2.45, 2.75) is 0 Å². The first-order valence-electron chi connectivity index (χ1n) is 4.07. The van der Waals surface area contributed by atoms with Gasteiger partial charge in [0, 0.05) is 47.0 Å². The number of nitrogens with zero attached hydrogens (tertiary/aromatic N) is 1. The van der Waals surface area contributed by atoms with E-state index in [2.05, 4.69) is 11.4 Å². The quantitative estimate of drug-likeness (QED) is 0.572. The largest absolute Gasteiger partial charge is 0.385 e. The van der Waals surface area contributed by atoms with Gasteiger partial charge >= 0.3 is 0 Å². The van der Waals surface area contributed by atoms with E-state index in [1.54, 1.807) is 25.3 Å². The molecule has 1 N–H and O–H groups in total. The van der Waals surface area contributed by atoms with Gasteiger partial charge < -0.3 is 22.4 Å². The summed E-state index contributed by atoms with van der Waals surface area (Å²) in [6, 6.07) is 0. The van der Waals surface area contributed by atoms with Gasteiger partial charge in [0.25, 0.3) is 0 Å². The minimum Gasteiger partial charge on any atom is -0.385 e. The fourth-order valence-corrected chi connectivity index (χ4v) is 1.21. The minimum absolute atomic E-state index is 0. The average molecular weight is 237 g/mol. The molecule has 0 amide bonds. The third kappa shape index (κ3) is 4.16. The molecule has 0 bridgehead atoms. The van der Waals surface area contributed by atoms with Crippen molar-refractivity contribution >= 4 is 5.78 Å². The summed E-state index contributed by atoms with van der Waals surface area (Å²) in [7, 11) is 5.57. The summed E-state index contributed by atoms with van der Waals surface area (Å²) in [5.74, 6) is 0.724. The van der Waals surface area contributed by atoms with Gasteiger partial charge in [0.2, 0.25) is 0 Å². The van der Waals surface area contributed by atoms with Crippen LogP contribution in [0.1, 0.15) is 0 Å². The molecule has 0 saturated heterocycles. The van der Waals surface area contributed by atoms with E-state index in [0.29, 0.717) is 5.57 Å². The third-order valence-corrected chi connectivity index (χ3v) is 1.76. The van der Waals surface area contributed by atoms with Crippen LogP contribution in [0.15, 0.2) is 29.6 Å². The second-order valence-electron chi connectivity index (χ2n) is 2.91. The second kappa shape index (κ2) is 7.63. The summed E-state index contributed by atoms with van der Waals surface area (Å²) in [6.07, 6.45) is 7.83. The first kappa shape index (κ1) is 16.8. The maximum Gasteiger partial charge on any atom is 0.0777 e. The van der Waals surface area contributed by atoms with Crippen LogP contribution in [-0.2, 0) is 30.6 Å². The number of hydrogen-bond donors (Lipinski definition) is 1. The molecular formula is C11H16N2OSc-2. The monoisotopic (exact) mass is 237 g/mol. The van der Waals surface area contributed by atoms with E-state index in [4.69, 9.17) is 0 Å². The molecule has 0 spiro atoms. The molecule has 81 valence electrons. The molecule has 3 nitrogen and oxygen atoms in total. The second-order valence-corrected chi connectivity index (χ2v) is 2.91. The summed E-state index contributed by atoms with van der Waals surface area (Å²) in [6.45, 7) is 0. The van der Waals surface area contributed by atoms with Gasteiger partial charge in [0.05, 0.1) is 11.6 Å². The van der Waals surface area contributed by atoms with E-state index in [9.17, 15) is 4.79 Å². The van der Waals surface area contributed by atoms with E-state index < -0.39 is 0 Å². The van der Waals surface area contributed by atoms with Crippen LogP contribution in [0.4, 0.5) is 0 Å². The number of allylic oxidation sites excluding steroid dienone is 5. The summed E-state index contributed by atoms with van der Waals surface area (Å²) in [5, 5.41) is 2.98. The van der Waals surface area contributed by atoms with Crippen LogP contribution in [0.25, 0.3) is 0 Å². The number of Topliss-reactive ketones (excluding diaryl/α,β-unsaturated/α-hetero) is 1. The molecule has 15 heavy (non-hydrogen) atoms. The SMILES string of the molecule is CNC(=C1C=CC=[C-]C1=O)N(C)C.[CH3-].[Sc]. The summed E-state index contributed by atoms with van der Waals surface area (Å²) in [5.41, 5.74) is 0.648. The Kier molecular flexibility index (Phi) is 8.53. The molecule has 0 aliphatic heterocycles. The number of carbonyl (C=O) groups is 1. The maximum atomic E-state index is 11.4. The Labute approximate surface area is 111 Å². The van der Waals surface area contributed by atoms with Gasteiger partial charge in [-0.15, -0.1) is 6.08 Å². The van der Waals surface area contributed by atoms with Gasteiger partial charge in [-0.3, -0.25) is 0 Å². The Morgan fingerprint density at radius 1 is 1.47 bits per heavy atom. The Bertz CT molecular complexity index is 304. The summed E-state index contributed by atoms with van der Waals surface area (Å²) < 4.78 is 0. The van der Waals surface area contributed by atoms with Crippen LogP contribution in [0.5, 0.6) is 0 Å². The third-order valence-electron chi connectivity index (χ3n) is 1.76. The zero-order valence-corrected chi connectivity index (χ0v) is 11.5. The van der Waals surface area contributed by atoms with Crippen molar-refractivity contribution < 1.29 is 30.6 Å². The van der Waals surface area contributed by atoms with Crippen molar-refractivity contribution in [3.8, 4) is 0 Å². The number of rotatable bonds is 2. The summed E-state index contributed by atoms with van der Waals surface area (Å²) >= 11 is 0. The fourth-order valence-electron chi connectivity index (χ4n) is 1.21. The Morgan fingerprint density at radius 3 is 2.47 bits per heavy atom. The van der Waals surface area contributed by atoms with Crippen LogP contribution in [0.2, 0.25) is 0 Å². The van der Waals surface area contributed by atoms with Crippen molar-refractivity contribution in [3.05, 3.63) is 43.1 Å². The van der Waals surface area contributed by atoms with Crippen molar-refractivity contribution in [3.63, 3.8) is 0 Å². The number of hydrogen-bond acceptors (Lipinski definition) is 3. The fraction of sp³-hybridized carbons (Fsp3) is 0.273. The van der Waals surface area contributed by atoms with Crippen LogP contribution < -0.4 is 5.32 Å². The predicted octanol–water partition coefficient (Wildman–Crippen LogP) is 0.925. The van der Waals surface area contributed by atoms with Gasteiger partial charge in [0.1, 0.15) is 0 Å². The molecule has 1 radical (unpaired) electrons. The van der Waals surface area contributed by atoms with Crippen LogP contribution >= 0.6 is 0 Å². The molecule has 0 aromatic carbocycles. The molecule has 0 aromatic heterocycles. The molecule has 1 rings (SSSR count). The number of ketones is 1. The van der Waals surface area contributed by atoms with E-state index in [1.807, 2.05) is 19.0 Å². The maximum absolute atomic E-state index is 11.4. The number of carbonyl (C=O) groups excluding carboxylic acids is 1. The van der Waals surface area contributed by atoms with Gasteiger partial charge in [-0.05, 0) is 5.57 Å². The standard InChI is InChI=1S/C10H13N2O.CH3.Sc/c1-11-10(12(2)3)8-6-4-5-7-9(8)13;;/h4-6,11H,1-3H3;1H3;/q2*-1;. The first-order valence-corrected chi connectivity index (χ1v) is 4.07. The van der Waals surface area contributed by atoms with E-state index in [1.165, 1.54) is 0 Å². The molecule has 0 unspecified atom stereocenters. The molecule has 1 aliphatic carbocycles. The summed E-state index contributed by atoms with van der Waals surface area (Å²) in [4.78, 5) is 13.2. The van der Waals surface area contributed by atoms with Gasteiger partial charge in [-0.25, -0.2) is 0 Å². The van der Waals surface area contributed by atoms with E-state index in [-0.39, 0.29) is 39.1 Å².